The van der Waals surface area contributed by atoms with Crippen molar-refractivity contribution in [2.45, 2.75) is 34.1 Å². The van der Waals surface area contributed by atoms with Crippen LogP contribution >= 0.6 is 11.3 Å². The molecule has 0 aliphatic heterocycles. The quantitative estimate of drug-likeness (QED) is 0.909. The van der Waals surface area contributed by atoms with E-state index in [0.29, 0.717) is 11.7 Å². The first kappa shape index (κ1) is 16.4. The Hall–Kier alpha value is -1.95. The largest absolute Gasteiger partial charge is 0.355 e. The molecule has 22 heavy (non-hydrogen) atoms. The molecule has 2 aromatic rings. The molecule has 1 heterocycles. The highest BCUT2D eigenvalue weighted by Gasteiger charge is 2.20. The predicted octanol–water partition coefficient (Wildman–Crippen LogP) is 3.10. The van der Waals surface area contributed by atoms with E-state index in [9.17, 15) is 9.59 Å². The molecule has 0 radical (unpaired) electrons. The van der Waals surface area contributed by atoms with E-state index in [2.05, 4.69) is 15.6 Å². The van der Waals surface area contributed by atoms with Crippen molar-refractivity contribution in [3.8, 4) is 0 Å². The van der Waals surface area contributed by atoms with Crippen LogP contribution in [0.2, 0.25) is 0 Å². The second-order valence-electron chi connectivity index (χ2n) is 6.24. The number of aromatic nitrogens is 1. The van der Waals surface area contributed by atoms with Crippen LogP contribution in [0.3, 0.4) is 0 Å². The van der Waals surface area contributed by atoms with Gasteiger partial charge in [0.25, 0.3) is 0 Å². The van der Waals surface area contributed by atoms with Gasteiger partial charge in [0.2, 0.25) is 11.8 Å². The Labute approximate surface area is 134 Å². The van der Waals surface area contributed by atoms with Crippen LogP contribution in [-0.4, -0.2) is 23.3 Å². The summed E-state index contributed by atoms with van der Waals surface area (Å²) in [6.45, 7) is 7.84. The molecule has 0 unspecified atom stereocenters. The molecule has 0 saturated carbocycles. The van der Waals surface area contributed by atoms with Crippen molar-refractivity contribution in [2.24, 2.45) is 5.41 Å². The van der Waals surface area contributed by atoms with E-state index in [1.54, 1.807) is 0 Å². The molecule has 2 rings (SSSR count). The highest BCUT2D eigenvalue weighted by molar-refractivity contribution is 7.22. The summed E-state index contributed by atoms with van der Waals surface area (Å²) in [5.41, 5.74) is 1.57. The van der Waals surface area contributed by atoms with Crippen LogP contribution in [0.4, 0.5) is 5.13 Å². The van der Waals surface area contributed by atoms with Crippen LogP contribution in [0.25, 0.3) is 10.2 Å². The molecule has 1 aromatic carbocycles. The Morgan fingerprint density at radius 2 is 2.00 bits per heavy atom. The van der Waals surface area contributed by atoms with Crippen molar-refractivity contribution in [1.29, 1.82) is 0 Å². The number of hydrogen-bond donors (Lipinski definition) is 2. The summed E-state index contributed by atoms with van der Waals surface area (Å²) in [6.07, 6.45) is 0.233. The van der Waals surface area contributed by atoms with Gasteiger partial charge in [-0.05, 0) is 18.6 Å². The zero-order valence-corrected chi connectivity index (χ0v) is 14.1. The van der Waals surface area contributed by atoms with E-state index in [1.165, 1.54) is 11.3 Å². The average molecular weight is 319 g/mol. The number of para-hydroxylation sites is 1. The number of carbonyl (C=O) groups excluding carboxylic acids is 2. The summed E-state index contributed by atoms with van der Waals surface area (Å²) in [5.74, 6) is -0.207. The number of fused-ring (bicyclic) bond motifs is 1. The molecule has 0 spiro atoms. The van der Waals surface area contributed by atoms with Gasteiger partial charge in [0.05, 0.1) is 10.2 Å². The minimum Gasteiger partial charge on any atom is -0.355 e. The lowest BCUT2D eigenvalue weighted by Crippen LogP contribution is -2.36. The van der Waals surface area contributed by atoms with Crippen LogP contribution in [-0.2, 0) is 9.59 Å². The maximum Gasteiger partial charge on any atom is 0.227 e. The van der Waals surface area contributed by atoms with Crippen LogP contribution in [0, 0.1) is 12.3 Å². The summed E-state index contributed by atoms with van der Waals surface area (Å²) in [7, 11) is 0. The first-order chi connectivity index (χ1) is 10.3. The number of amides is 2. The van der Waals surface area contributed by atoms with Gasteiger partial charge in [-0.2, -0.15) is 0 Å². The molecule has 1 aromatic heterocycles. The second-order valence-corrected chi connectivity index (χ2v) is 7.28. The molecule has 5 nitrogen and oxygen atoms in total. The average Bonchev–Trinajstić information content (AvgIpc) is 2.81. The van der Waals surface area contributed by atoms with Crippen molar-refractivity contribution in [3.63, 3.8) is 0 Å². The monoisotopic (exact) mass is 319 g/mol. The maximum absolute atomic E-state index is 11.9. The fourth-order valence-electron chi connectivity index (χ4n) is 1.88. The zero-order chi connectivity index (χ0) is 16.3. The molecule has 6 heteroatoms. The number of rotatable bonds is 4. The van der Waals surface area contributed by atoms with Crippen molar-refractivity contribution < 1.29 is 9.59 Å². The van der Waals surface area contributed by atoms with Gasteiger partial charge in [-0.15, -0.1) is 0 Å². The summed E-state index contributed by atoms with van der Waals surface area (Å²) >= 11 is 1.45. The summed E-state index contributed by atoms with van der Waals surface area (Å²) < 4.78 is 1.05. The number of hydrogen-bond acceptors (Lipinski definition) is 4. The molecule has 0 aliphatic rings. The molecule has 0 atom stereocenters. The molecule has 118 valence electrons. The molecule has 2 N–H and O–H groups in total. The zero-order valence-electron chi connectivity index (χ0n) is 13.3. The standard InChI is InChI=1S/C16H21N3O2S/c1-10-6-5-7-11-13(10)19-15(22-11)18-12(20)8-9-17-14(21)16(2,3)4/h5-7H,8-9H2,1-4H3,(H,17,21)(H,18,19,20). The Kier molecular flexibility index (Phi) is 4.81. The van der Waals surface area contributed by atoms with Crippen LogP contribution < -0.4 is 10.6 Å². The van der Waals surface area contributed by atoms with Crippen molar-refractivity contribution in [2.75, 3.05) is 11.9 Å². The predicted molar refractivity (Wildman–Crippen MR) is 90.1 cm³/mol. The van der Waals surface area contributed by atoms with E-state index in [1.807, 2.05) is 45.9 Å². The third-order valence-electron chi connectivity index (χ3n) is 3.19. The van der Waals surface area contributed by atoms with E-state index in [4.69, 9.17) is 0 Å². The van der Waals surface area contributed by atoms with Gasteiger partial charge < -0.3 is 10.6 Å². The summed E-state index contributed by atoms with van der Waals surface area (Å²) in [6, 6.07) is 5.96. The highest BCUT2D eigenvalue weighted by Crippen LogP contribution is 2.27. The van der Waals surface area contributed by atoms with Crippen molar-refractivity contribution in [1.82, 2.24) is 10.3 Å². The minimum atomic E-state index is -0.443. The molecule has 0 aliphatic carbocycles. The van der Waals surface area contributed by atoms with Gasteiger partial charge in [-0.3, -0.25) is 9.59 Å². The molecule has 0 saturated heterocycles. The number of anilines is 1. The van der Waals surface area contributed by atoms with Gasteiger partial charge in [-0.25, -0.2) is 4.98 Å². The molecular formula is C16H21N3O2S. The summed E-state index contributed by atoms with van der Waals surface area (Å²) in [4.78, 5) is 28.0. The van der Waals surface area contributed by atoms with E-state index >= 15 is 0 Å². The number of aryl methyl sites for hydroxylation is 1. The fourth-order valence-corrected chi connectivity index (χ4v) is 2.84. The second kappa shape index (κ2) is 6.44. The van der Waals surface area contributed by atoms with Crippen LogP contribution in [0.15, 0.2) is 18.2 Å². The number of benzene rings is 1. The van der Waals surface area contributed by atoms with Gasteiger partial charge in [0.1, 0.15) is 0 Å². The SMILES string of the molecule is Cc1cccc2sc(NC(=O)CCNC(=O)C(C)(C)C)nc12. The van der Waals surface area contributed by atoms with E-state index in [-0.39, 0.29) is 18.2 Å². The smallest absolute Gasteiger partial charge is 0.227 e. The number of nitrogens with one attached hydrogen (secondary N) is 2. The minimum absolute atomic E-state index is 0.0593. The van der Waals surface area contributed by atoms with E-state index in [0.717, 1.165) is 15.8 Å². The number of thiazole rings is 1. The van der Waals surface area contributed by atoms with Gasteiger partial charge in [0, 0.05) is 18.4 Å². The molecular weight excluding hydrogens is 298 g/mol. The molecule has 0 fully saturated rings. The molecule has 0 bridgehead atoms. The van der Waals surface area contributed by atoms with E-state index < -0.39 is 5.41 Å². The van der Waals surface area contributed by atoms with Gasteiger partial charge >= 0.3 is 0 Å². The Morgan fingerprint density at radius 1 is 1.27 bits per heavy atom. The number of nitrogens with zero attached hydrogens (tertiary/aromatic N) is 1. The third-order valence-corrected chi connectivity index (χ3v) is 4.12. The van der Waals surface area contributed by atoms with Crippen molar-refractivity contribution in [3.05, 3.63) is 23.8 Å². The summed E-state index contributed by atoms with van der Waals surface area (Å²) in [5, 5.41) is 6.14. The molecule has 2 amide bonds. The highest BCUT2D eigenvalue weighted by atomic mass is 32.1. The maximum atomic E-state index is 11.9. The lowest BCUT2D eigenvalue weighted by atomic mass is 9.96. The Bertz CT molecular complexity index is 701. The third kappa shape index (κ3) is 4.04. The van der Waals surface area contributed by atoms with Crippen LogP contribution in [0.1, 0.15) is 32.8 Å². The van der Waals surface area contributed by atoms with Gasteiger partial charge in [0.15, 0.2) is 5.13 Å². The number of carbonyl (C=O) groups is 2. The topological polar surface area (TPSA) is 71.1 Å². The first-order valence-corrected chi connectivity index (χ1v) is 8.03. The Morgan fingerprint density at radius 3 is 2.64 bits per heavy atom. The Balaban J connectivity index is 1.89. The van der Waals surface area contributed by atoms with Gasteiger partial charge in [-0.1, -0.05) is 44.2 Å². The van der Waals surface area contributed by atoms with Crippen LogP contribution in [0.5, 0.6) is 0 Å². The fraction of sp³-hybridized carbons (Fsp3) is 0.438. The first-order valence-electron chi connectivity index (χ1n) is 7.21. The normalized spacial score (nSPS) is 11.5. The lowest BCUT2D eigenvalue weighted by Gasteiger charge is -2.17. The lowest BCUT2D eigenvalue weighted by molar-refractivity contribution is -0.128. The van der Waals surface area contributed by atoms with Crippen molar-refractivity contribution >= 4 is 38.5 Å².